The van der Waals surface area contributed by atoms with E-state index in [0.717, 1.165) is 50.9 Å². The third-order valence-corrected chi connectivity index (χ3v) is 6.60. The molecule has 152 valence electrons. The number of halogens is 1. The van der Waals surface area contributed by atoms with Crippen molar-refractivity contribution < 1.29 is 13.9 Å². The molecule has 2 aromatic heterocycles. The monoisotopic (exact) mass is 440 g/mol. The Bertz CT molecular complexity index is 1190. The minimum Gasteiger partial charge on any atom is -0.454 e. The Hall–Kier alpha value is -2.91. The van der Waals surface area contributed by atoms with Crippen molar-refractivity contribution in [1.29, 1.82) is 0 Å². The highest BCUT2D eigenvalue weighted by atomic mass is 32.2. The molecule has 0 saturated heterocycles. The van der Waals surface area contributed by atoms with Crippen LogP contribution in [0.25, 0.3) is 22.0 Å². The normalized spacial score (nSPS) is 12.5. The maximum absolute atomic E-state index is 13.1. The first-order valence-corrected chi connectivity index (χ1v) is 11.2. The number of hydrogen-bond donors (Lipinski definition) is 0. The lowest BCUT2D eigenvalue weighted by atomic mass is 10.2. The van der Waals surface area contributed by atoms with E-state index < -0.39 is 0 Å². The van der Waals surface area contributed by atoms with Gasteiger partial charge in [0.05, 0.1) is 5.69 Å². The molecule has 0 unspecified atom stereocenters. The smallest absolute Gasteiger partial charge is 0.231 e. The van der Waals surface area contributed by atoms with E-state index in [-0.39, 0.29) is 12.6 Å². The van der Waals surface area contributed by atoms with E-state index in [0.29, 0.717) is 5.75 Å². The lowest BCUT2D eigenvalue weighted by molar-refractivity contribution is 0.174. The summed E-state index contributed by atoms with van der Waals surface area (Å²) < 4.78 is 26.1. The number of benzene rings is 2. The molecule has 4 aromatic rings. The minimum atomic E-state index is -0.247. The van der Waals surface area contributed by atoms with Gasteiger partial charge in [0.1, 0.15) is 10.8 Å². The average molecular weight is 441 g/mol. The molecule has 0 atom stereocenters. The van der Waals surface area contributed by atoms with Crippen molar-refractivity contribution in [3.8, 4) is 33.5 Å². The molecule has 9 heteroatoms. The molecule has 2 aromatic carbocycles. The van der Waals surface area contributed by atoms with Gasteiger partial charge in [-0.1, -0.05) is 11.8 Å². The van der Waals surface area contributed by atoms with E-state index in [1.54, 1.807) is 35.2 Å². The minimum absolute atomic E-state index is 0.244. The highest BCUT2D eigenvalue weighted by Crippen LogP contribution is 2.36. The van der Waals surface area contributed by atoms with Crippen molar-refractivity contribution in [2.24, 2.45) is 0 Å². The molecular formula is C21H17FN4O2S2. The summed E-state index contributed by atoms with van der Waals surface area (Å²) in [6, 6.07) is 12.2. The van der Waals surface area contributed by atoms with Gasteiger partial charge in [0.25, 0.3) is 0 Å². The second-order valence-corrected chi connectivity index (χ2v) is 8.36. The standard InChI is InChI=1S/C21H17FN4O2S2/c1-2-26-19(14-5-8-17-18(9-14)28-12-27-17)24-25-21(26)30-11-16-10-29-20(23-16)13-3-6-15(22)7-4-13/h3-10H,2,11-12H2,1H3. The molecule has 0 spiro atoms. The fourth-order valence-electron chi connectivity index (χ4n) is 3.17. The van der Waals surface area contributed by atoms with Gasteiger partial charge in [0.15, 0.2) is 22.5 Å². The highest BCUT2D eigenvalue weighted by Gasteiger charge is 2.18. The molecule has 0 N–H and O–H groups in total. The van der Waals surface area contributed by atoms with Crippen LogP contribution in [0, 0.1) is 5.82 Å². The van der Waals surface area contributed by atoms with Gasteiger partial charge >= 0.3 is 0 Å². The van der Waals surface area contributed by atoms with Crippen molar-refractivity contribution in [3.05, 3.63) is 59.4 Å². The van der Waals surface area contributed by atoms with Crippen LogP contribution in [0.1, 0.15) is 12.6 Å². The number of thioether (sulfide) groups is 1. The SMILES string of the molecule is CCn1c(SCc2csc(-c3ccc(F)cc3)n2)nnc1-c1ccc2c(c1)OCO2. The van der Waals surface area contributed by atoms with Crippen molar-refractivity contribution >= 4 is 23.1 Å². The molecule has 0 radical (unpaired) electrons. The molecule has 0 fully saturated rings. The topological polar surface area (TPSA) is 62.1 Å². The van der Waals surface area contributed by atoms with Crippen molar-refractivity contribution in [2.45, 2.75) is 24.4 Å². The molecular weight excluding hydrogens is 423 g/mol. The summed E-state index contributed by atoms with van der Waals surface area (Å²) in [4.78, 5) is 4.67. The predicted molar refractivity (Wildman–Crippen MR) is 114 cm³/mol. The predicted octanol–water partition coefficient (Wildman–Crippen LogP) is 5.25. The Labute approximate surface area is 180 Å². The van der Waals surface area contributed by atoms with Gasteiger partial charge in [-0.2, -0.15) is 0 Å². The molecule has 0 saturated carbocycles. The van der Waals surface area contributed by atoms with Crippen LogP contribution < -0.4 is 9.47 Å². The maximum atomic E-state index is 13.1. The quantitative estimate of drug-likeness (QED) is 0.382. The van der Waals surface area contributed by atoms with Crippen molar-refractivity contribution in [1.82, 2.24) is 19.7 Å². The second-order valence-electron chi connectivity index (χ2n) is 6.56. The van der Waals surface area contributed by atoms with Gasteiger partial charge in [0, 0.05) is 28.8 Å². The molecule has 5 rings (SSSR count). The number of rotatable bonds is 6. The molecule has 1 aliphatic heterocycles. The first-order valence-electron chi connectivity index (χ1n) is 9.37. The van der Waals surface area contributed by atoms with Gasteiger partial charge in [-0.05, 0) is 49.4 Å². The Morgan fingerprint density at radius 3 is 2.70 bits per heavy atom. The van der Waals surface area contributed by atoms with Gasteiger partial charge in [-0.15, -0.1) is 21.5 Å². The second kappa shape index (κ2) is 8.08. The molecule has 0 bridgehead atoms. The average Bonchev–Trinajstić information content (AvgIpc) is 3.51. The Morgan fingerprint density at radius 2 is 1.87 bits per heavy atom. The zero-order chi connectivity index (χ0) is 20.5. The van der Waals surface area contributed by atoms with Crippen LogP contribution in [-0.4, -0.2) is 26.5 Å². The fourth-order valence-corrected chi connectivity index (χ4v) is 4.99. The summed E-state index contributed by atoms with van der Waals surface area (Å²) in [5.41, 5.74) is 2.81. The zero-order valence-electron chi connectivity index (χ0n) is 16.0. The Kier molecular flexibility index (Phi) is 5.14. The first kappa shape index (κ1) is 19.1. The van der Waals surface area contributed by atoms with E-state index >= 15 is 0 Å². The van der Waals surface area contributed by atoms with E-state index in [1.807, 2.05) is 23.6 Å². The van der Waals surface area contributed by atoms with Crippen LogP contribution in [0.15, 0.2) is 53.0 Å². The maximum Gasteiger partial charge on any atom is 0.231 e. The van der Waals surface area contributed by atoms with Gasteiger partial charge in [-0.25, -0.2) is 9.37 Å². The van der Waals surface area contributed by atoms with Crippen molar-refractivity contribution in [3.63, 3.8) is 0 Å². The summed E-state index contributed by atoms with van der Waals surface area (Å²) in [6.45, 7) is 3.06. The number of aromatic nitrogens is 4. The molecule has 3 heterocycles. The van der Waals surface area contributed by atoms with E-state index in [9.17, 15) is 4.39 Å². The molecule has 1 aliphatic rings. The van der Waals surface area contributed by atoms with Crippen LogP contribution in [-0.2, 0) is 12.3 Å². The summed E-state index contributed by atoms with van der Waals surface area (Å²) >= 11 is 3.15. The third-order valence-electron chi connectivity index (χ3n) is 4.66. The summed E-state index contributed by atoms with van der Waals surface area (Å²) in [5, 5.41) is 12.5. The summed E-state index contributed by atoms with van der Waals surface area (Å²) in [7, 11) is 0. The van der Waals surface area contributed by atoms with Gasteiger partial charge < -0.3 is 14.0 Å². The first-order chi connectivity index (χ1) is 14.7. The summed E-state index contributed by atoms with van der Waals surface area (Å²) in [5.74, 6) is 2.70. The van der Waals surface area contributed by atoms with Crippen LogP contribution in [0.4, 0.5) is 4.39 Å². The third kappa shape index (κ3) is 3.66. The molecule has 30 heavy (non-hydrogen) atoms. The van der Waals surface area contributed by atoms with E-state index in [2.05, 4.69) is 26.7 Å². The lowest BCUT2D eigenvalue weighted by Gasteiger charge is -2.07. The van der Waals surface area contributed by atoms with Gasteiger partial charge in [-0.3, -0.25) is 0 Å². The lowest BCUT2D eigenvalue weighted by Crippen LogP contribution is -2.00. The Balaban J connectivity index is 1.33. The van der Waals surface area contributed by atoms with Crippen LogP contribution in [0.3, 0.4) is 0 Å². The Morgan fingerprint density at radius 1 is 1.07 bits per heavy atom. The van der Waals surface area contributed by atoms with Crippen LogP contribution in [0.5, 0.6) is 11.5 Å². The number of fused-ring (bicyclic) bond motifs is 1. The largest absolute Gasteiger partial charge is 0.454 e. The van der Waals surface area contributed by atoms with Crippen LogP contribution >= 0.6 is 23.1 Å². The highest BCUT2D eigenvalue weighted by molar-refractivity contribution is 7.98. The van der Waals surface area contributed by atoms with Crippen molar-refractivity contribution in [2.75, 3.05) is 6.79 Å². The van der Waals surface area contributed by atoms with E-state index in [1.165, 1.54) is 12.1 Å². The fraction of sp³-hybridized carbons (Fsp3) is 0.190. The van der Waals surface area contributed by atoms with Crippen LogP contribution in [0.2, 0.25) is 0 Å². The van der Waals surface area contributed by atoms with Gasteiger partial charge in [0.2, 0.25) is 6.79 Å². The summed E-state index contributed by atoms with van der Waals surface area (Å²) in [6.07, 6.45) is 0. The zero-order valence-corrected chi connectivity index (χ0v) is 17.7. The number of thiazole rings is 1. The van der Waals surface area contributed by atoms with E-state index in [4.69, 9.17) is 9.47 Å². The number of hydrogen-bond acceptors (Lipinski definition) is 7. The molecule has 0 amide bonds. The molecule has 6 nitrogen and oxygen atoms in total. The molecule has 0 aliphatic carbocycles. The number of ether oxygens (including phenoxy) is 2. The number of nitrogens with zero attached hydrogens (tertiary/aromatic N) is 4.